The van der Waals surface area contributed by atoms with Crippen LogP contribution >= 0.6 is 27.5 Å². The molecule has 0 amide bonds. The zero-order chi connectivity index (χ0) is 13.8. The summed E-state index contributed by atoms with van der Waals surface area (Å²) in [4.78, 5) is 0. The number of halogens is 3. The lowest BCUT2D eigenvalue weighted by molar-refractivity contribution is 0.300. The Balaban J connectivity index is 2.13. The van der Waals surface area contributed by atoms with Gasteiger partial charge in [0.05, 0.1) is 16.7 Å². The Labute approximate surface area is 123 Å². The molecule has 0 atom stereocenters. The molecule has 0 radical (unpaired) electrons. The number of nitriles is 1. The second kappa shape index (κ2) is 6.05. The monoisotopic (exact) mass is 339 g/mol. The standard InChI is InChI=1S/C14H8BrClFNO/c15-11-3-4-14(12(16)6-11)19-8-10-2-1-9(7-18)5-13(10)17/h1-6H,8H2. The van der Waals surface area contributed by atoms with Crippen LogP contribution in [-0.4, -0.2) is 0 Å². The first kappa shape index (κ1) is 13.9. The van der Waals surface area contributed by atoms with Crippen LogP contribution in [0, 0.1) is 17.1 Å². The summed E-state index contributed by atoms with van der Waals surface area (Å²) in [6.07, 6.45) is 0. The van der Waals surface area contributed by atoms with Crippen molar-refractivity contribution in [2.75, 3.05) is 0 Å². The van der Waals surface area contributed by atoms with Gasteiger partial charge in [0.1, 0.15) is 18.2 Å². The molecule has 0 N–H and O–H groups in total. The third-order valence-electron chi connectivity index (χ3n) is 2.46. The molecule has 0 aliphatic heterocycles. The summed E-state index contributed by atoms with van der Waals surface area (Å²) >= 11 is 9.28. The normalized spacial score (nSPS) is 10.0. The van der Waals surface area contributed by atoms with Crippen LogP contribution in [0.4, 0.5) is 4.39 Å². The lowest BCUT2D eigenvalue weighted by Crippen LogP contribution is -1.99. The Morgan fingerprint density at radius 3 is 2.68 bits per heavy atom. The highest BCUT2D eigenvalue weighted by molar-refractivity contribution is 9.10. The largest absolute Gasteiger partial charge is 0.487 e. The summed E-state index contributed by atoms with van der Waals surface area (Å²) in [5.41, 5.74) is 0.654. The smallest absolute Gasteiger partial charge is 0.138 e. The molecule has 0 unspecified atom stereocenters. The Morgan fingerprint density at radius 2 is 2.05 bits per heavy atom. The molecule has 0 saturated heterocycles. The quantitative estimate of drug-likeness (QED) is 0.812. The molecule has 2 rings (SSSR count). The molecule has 19 heavy (non-hydrogen) atoms. The summed E-state index contributed by atoms with van der Waals surface area (Å²) in [5.74, 6) is 0.0147. The van der Waals surface area contributed by atoms with E-state index in [0.29, 0.717) is 16.3 Å². The number of benzene rings is 2. The summed E-state index contributed by atoms with van der Waals surface area (Å²) in [6, 6.07) is 11.3. The van der Waals surface area contributed by atoms with Gasteiger partial charge in [-0.15, -0.1) is 0 Å². The van der Waals surface area contributed by atoms with Gasteiger partial charge in [-0.2, -0.15) is 5.26 Å². The topological polar surface area (TPSA) is 33.0 Å². The molecule has 0 aromatic heterocycles. The lowest BCUT2D eigenvalue weighted by Gasteiger charge is -2.09. The molecule has 0 heterocycles. The summed E-state index contributed by atoms with van der Waals surface area (Å²) in [7, 11) is 0. The van der Waals surface area contributed by atoms with Crippen molar-refractivity contribution < 1.29 is 9.13 Å². The van der Waals surface area contributed by atoms with Crippen LogP contribution < -0.4 is 4.74 Å². The van der Waals surface area contributed by atoms with Gasteiger partial charge in [0.2, 0.25) is 0 Å². The van der Waals surface area contributed by atoms with E-state index in [4.69, 9.17) is 21.6 Å². The van der Waals surface area contributed by atoms with E-state index >= 15 is 0 Å². The zero-order valence-electron chi connectivity index (χ0n) is 9.66. The van der Waals surface area contributed by atoms with Crippen molar-refractivity contribution in [3.8, 4) is 11.8 Å². The number of ether oxygens (including phenoxy) is 1. The zero-order valence-corrected chi connectivity index (χ0v) is 12.0. The maximum absolute atomic E-state index is 13.6. The minimum atomic E-state index is -0.465. The highest BCUT2D eigenvalue weighted by atomic mass is 79.9. The molecule has 0 saturated carbocycles. The highest BCUT2D eigenvalue weighted by Crippen LogP contribution is 2.28. The summed E-state index contributed by atoms with van der Waals surface area (Å²) in [5, 5.41) is 9.10. The van der Waals surface area contributed by atoms with Crippen LogP contribution in [0.25, 0.3) is 0 Å². The maximum atomic E-state index is 13.6. The van der Waals surface area contributed by atoms with Crippen molar-refractivity contribution in [1.82, 2.24) is 0 Å². The Morgan fingerprint density at radius 1 is 1.26 bits per heavy atom. The first-order valence-corrected chi connectivity index (χ1v) is 6.53. The molecule has 5 heteroatoms. The first-order chi connectivity index (χ1) is 9.10. The van der Waals surface area contributed by atoms with Gasteiger partial charge in [-0.25, -0.2) is 4.39 Å². The first-order valence-electron chi connectivity index (χ1n) is 5.36. The van der Waals surface area contributed by atoms with E-state index in [2.05, 4.69) is 15.9 Å². The van der Waals surface area contributed by atoms with Crippen molar-refractivity contribution in [2.45, 2.75) is 6.61 Å². The predicted octanol–water partition coefficient (Wildman–Crippen LogP) is 4.69. The average molecular weight is 341 g/mol. The van der Waals surface area contributed by atoms with E-state index < -0.39 is 5.82 Å². The molecule has 2 aromatic carbocycles. The fourth-order valence-electron chi connectivity index (χ4n) is 1.48. The van der Waals surface area contributed by atoms with Crippen molar-refractivity contribution in [1.29, 1.82) is 5.26 Å². The van der Waals surface area contributed by atoms with Crippen LogP contribution in [0.1, 0.15) is 11.1 Å². The second-order valence-electron chi connectivity index (χ2n) is 3.78. The van der Waals surface area contributed by atoms with E-state index in [-0.39, 0.29) is 12.2 Å². The minimum Gasteiger partial charge on any atom is -0.487 e. The molecule has 2 nitrogen and oxygen atoms in total. The van der Waals surface area contributed by atoms with Gasteiger partial charge >= 0.3 is 0 Å². The SMILES string of the molecule is N#Cc1ccc(COc2ccc(Br)cc2Cl)c(F)c1. The molecular weight excluding hydrogens is 333 g/mol. The second-order valence-corrected chi connectivity index (χ2v) is 5.10. The molecule has 0 bridgehead atoms. The number of nitrogens with zero attached hydrogens (tertiary/aromatic N) is 1. The van der Waals surface area contributed by atoms with E-state index in [0.717, 1.165) is 4.47 Å². The molecular formula is C14H8BrClFNO. The van der Waals surface area contributed by atoms with Gasteiger partial charge in [0.25, 0.3) is 0 Å². The Kier molecular flexibility index (Phi) is 4.41. The van der Waals surface area contributed by atoms with Crippen LogP contribution in [-0.2, 0) is 6.61 Å². The van der Waals surface area contributed by atoms with E-state index in [9.17, 15) is 4.39 Å². The average Bonchev–Trinajstić information content (AvgIpc) is 2.39. The van der Waals surface area contributed by atoms with E-state index in [1.807, 2.05) is 6.07 Å². The third kappa shape index (κ3) is 3.46. The summed E-state index contributed by atoms with van der Waals surface area (Å²) < 4.78 is 19.9. The van der Waals surface area contributed by atoms with Gasteiger partial charge in [0, 0.05) is 10.0 Å². The van der Waals surface area contributed by atoms with Crippen molar-refractivity contribution in [2.24, 2.45) is 0 Å². The molecule has 0 spiro atoms. The van der Waals surface area contributed by atoms with Crippen molar-refractivity contribution in [3.05, 3.63) is 62.8 Å². The Hall–Kier alpha value is -1.57. The van der Waals surface area contributed by atoms with Crippen LogP contribution in [0.15, 0.2) is 40.9 Å². The molecule has 0 aliphatic rings. The van der Waals surface area contributed by atoms with Crippen molar-refractivity contribution >= 4 is 27.5 Å². The molecule has 96 valence electrons. The highest BCUT2D eigenvalue weighted by Gasteiger charge is 2.07. The van der Waals surface area contributed by atoms with Crippen molar-refractivity contribution in [3.63, 3.8) is 0 Å². The third-order valence-corrected chi connectivity index (χ3v) is 3.25. The van der Waals surface area contributed by atoms with E-state index in [1.54, 1.807) is 24.3 Å². The van der Waals surface area contributed by atoms with Crippen LogP contribution in [0.3, 0.4) is 0 Å². The van der Waals surface area contributed by atoms with Gasteiger partial charge in [-0.1, -0.05) is 33.6 Å². The van der Waals surface area contributed by atoms with Gasteiger partial charge in [-0.3, -0.25) is 0 Å². The lowest BCUT2D eigenvalue weighted by atomic mass is 10.1. The Bertz CT molecular complexity index is 654. The number of rotatable bonds is 3. The fourth-order valence-corrected chi connectivity index (χ4v) is 2.21. The minimum absolute atomic E-state index is 0.0545. The van der Waals surface area contributed by atoms with E-state index in [1.165, 1.54) is 12.1 Å². The van der Waals surface area contributed by atoms with Crippen LogP contribution in [0.2, 0.25) is 5.02 Å². The van der Waals surface area contributed by atoms with Gasteiger partial charge in [0.15, 0.2) is 0 Å². The fraction of sp³-hybridized carbons (Fsp3) is 0.0714. The maximum Gasteiger partial charge on any atom is 0.138 e. The van der Waals surface area contributed by atoms with Gasteiger partial charge in [-0.05, 0) is 30.3 Å². The number of hydrogen-bond donors (Lipinski definition) is 0. The summed E-state index contributed by atoms with van der Waals surface area (Å²) in [6.45, 7) is 0.0545. The van der Waals surface area contributed by atoms with Crippen LogP contribution in [0.5, 0.6) is 5.75 Å². The predicted molar refractivity (Wildman–Crippen MR) is 74.6 cm³/mol. The molecule has 0 fully saturated rings. The molecule has 2 aromatic rings. The number of hydrogen-bond acceptors (Lipinski definition) is 2. The molecule has 0 aliphatic carbocycles. The van der Waals surface area contributed by atoms with Gasteiger partial charge < -0.3 is 4.74 Å².